The molecule has 1 aliphatic rings. The van der Waals surface area contributed by atoms with E-state index in [4.69, 9.17) is 9.47 Å². The summed E-state index contributed by atoms with van der Waals surface area (Å²) in [6.07, 6.45) is 3.56. The predicted octanol–water partition coefficient (Wildman–Crippen LogP) is 6.05. The summed E-state index contributed by atoms with van der Waals surface area (Å²) in [5.74, 6) is 1.94. The topological polar surface area (TPSA) is 77.4 Å². The lowest BCUT2D eigenvalue weighted by Crippen LogP contribution is -2.36. The van der Waals surface area contributed by atoms with Crippen molar-refractivity contribution in [3.8, 4) is 22.9 Å². The first-order chi connectivity index (χ1) is 16.6. The summed E-state index contributed by atoms with van der Waals surface area (Å²) in [4.78, 5) is 19.2. The quantitative estimate of drug-likeness (QED) is 0.273. The van der Waals surface area contributed by atoms with E-state index in [1.807, 2.05) is 48.5 Å². The summed E-state index contributed by atoms with van der Waals surface area (Å²) in [7, 11) is 0. The summed E-state index contributed by atoms with van der Waals surface area (Å²) in [6, 6.07) is 15.3. The molecule has 3 aromatic rings. The third-order valence-corrected chi connectivity index (χ3v) is 6.44. The van der Waals surface area contributed by atoms with Gasteiger partial charge in [-0.3, -0.25) is 9.69 Å². The molecule has 0 saturated heterocycles. The maximum atomic E-state index is 12.9. The van der Waals surface area contributed by atoms with E-state index in [1.54, 1.807) is 16.7 Å². The molecule has 0 fully saturated rings. The van der Waals surface area contributed by atoms with Crippen molar-refractivity contribution < 1.29 is 14.3 Å². The first-order valence-corrected chi connectivity index (χ1v) is 12.8. The Hall–Kier alpha value is -3.13. The molecule has 0 spiro atoms. The molecule has 0 saturated carbocycles. The number of carbonyl (C=O) groups excluding carboxylic acids is 1. The van der Waals surface area contributed by atoms with Crippen LogP contribution in [0.5, 0.6) is 11.6 Å². The molecule has 1 amide bonds. The lowest BCUT2D eigenvalue weighted by atomic mass is 10.1. The maximum absolute atomic E-state index is 12.9. The minimum atomic E-state index is -0.699. The van der Waals surface area contributed by atoms with Gasteiger partial charge >= 0.3 is 0 Å². The fraction of sp³-hybridized carbons (Fsp3) is 0.385. The second-order valence-corrected chi connectivity index (χ2v) is 9.16. The summed E-state index contributed by atoms with van der Waals surface area (Å²) in [6.45, 7) is 6.50. The van der Waals surface area contributed by atoms with Crippen LogP contribution in [0.3, 0.4) is 0 Å². The molecular weight excluding hydrogens is 448 g/mol. The molecule has 34 heavy (non-hydrogen) atoms. The number of hydrogen-bond donors (Lipinski definition) is 0. The van der Waals surface area contributed by atoms with Crippen LogP contribution in [0.1, 0.15) is 58.2 Å². The van der Waals surface area contributed by atoms with E-state index in [2.05, 4.69) is 29.0 Å². The number of carbonyl (C=O) groups is 1. The van der Waals surface area contributed by atoms with E-state index >= 15 is 0 Å². The van der Waals surface area contributed by atoms with Gasteiger partial charge in [0.05, 0.1) is 12.3 Å². The lowest BCUT2D eigenvalue weighted by molar-refractivity contribution is -0.118. The largest absolute Gasteiger partial charge is 0.494 e. The van der Waals surface area contributed by atoms with Gasteiger partial charge < -0.3 is 9.47 Å². The zero-order valence-electron chi connectivity index (χ0n) is 19.9. The van der Waals surface area contributed by atoms with Gasteiger partial charge in [-0.1, -0.05) is 56.7 Å². The van der Waals surface area contributed by atoms with Crippen LogP contribution in [-0.4, -0.2) is 33.4 Å². The number of benzene rings is 2. The fourth-order valence-electron chi connectivity index (χ4n) is 3.70. The van der Waals surface area contributed by atoms with Crippen LogP contribution in [0.2, 0.25) is 0 Å². The number of fused-ring (bicyclic) bond motifs is 3. The number of thioether (sulfide) groups is 1. The fourth-order valence-corrected chi connectivity index (χ4v) is 4.56. The molecule has 4 rings (SSSR count). The van der Waals surface area contributed by atoms with Crippen LogP contribution >= 0.6 is 11.8 Å². The Kier molecular flexibility index (Phi) is 8.00. The van der Waals surface area contributed by atoms with Crippen molar-refractivity contribution >= 4 is 23.4 Å². The van der Waals surface area contributed by atoms with Gasteiger partial charge in [-0.05, 0) is 43.2 Å². The highest BCUT2D eigenvalue weighted by Crippen LogP contribution is 2.43. The molecule has 8 heteroatoms. The van der Waals surface area contributed by atoms with Crippen molar-refractivity contribution in [2.45, 2.75) is 57.8 Å². The Labute approximate surface area is 204 Å². The smallest absolute Gasteiger partial charge is 0.247 e. The maximum Gasteiger partial charge on any atom is 0.247 e. The summed E-state index contributed by atoms with van der Waals surface area (Å²) >= 11 is 1.56. The Bertz CT molecular complexity index is 1120. The molecule has 2 heterocycles. The first kappa shape index (κ1) is 24.0. The molecule has 0 bridgehead atoms. The van der Waals surface area contributed by atoms with Crippen molar-refractivity contribution in [1.82, 2.24) is 15.2 Å². The molecule has 2 aromatic carbocycles. The van der Waals surface area contributed by atoms with E-state index in [0.717, 1.165) is 48.3 Å². The normalized spacial score (nSPS) is 14.6. The Morgan fingerprint density at radius 3 is 2.56 bits per heavy atom. The average Bonchev–Trinajstić information content (AvgIpc) is 2.99. The van der Waals surface area contributed by atoms with Crippen molar-refractivity contribution in [3.63, 3.8) is 0 Å². The number of para-hydroxylation sites is 1. The molecule has 0 aliphatic carbocycles. The van der Waals surface area contributed by atoms with Crippen LogP contribution in [0.4, 0.5) is 5.69 Å². The van der Waals surface area contributed by atoms with Gasteiger partial charge in [0.25, 0.3) is 0 Å². The summed E-state index contributed by atoms with van der Waals surface area (Å²) in [5.41, 5.74) is 2.83. The third kappa shape index (κ3) is 5.33. The van der Waals surface area contributed by atoms with Crippen LogP contribution in [0, 0.1) is 0 Å². The van der Waals surface area contributed by atoms with Crippen LogP contribution in [-0.2, 0) is 4.79 Å². The SMILES string of the molecule is CCCCOc1ccc([C@@H]2Oc3nc(SCCCC)nnc3-c3ccccc3N2C(C)=O)cc1. The van der Waals surface area contributed by atoms with Crippen molar-refractivity contribution in [2.24, 2.45) is 0 Å². The second kappa shape index (κ2) is 11.3. The highest BCUT2D eigenvalue weighted by atomic mass is 32.2. The van der Waals surface area contributed by atoms with Crippen LogP contribution < -0.4 is 14.4 Å². The minimum absolute atomic E-state index is 0.140. The highest BCUT2D eigenvalue weighted by molar-refractivity contribution is 7.99. The number of aromatic nitrogens is 3. The van der Waals surface area contributed by atoms with Gasteiger partial charge in [0.15, 0.2) is 5.69 Å². The second-order valence-electron chi connectivity index (χ2n) is 8.10. The number of unbranched alkanes of at least 4 members (excludes halogenated alkanes) is 2. The average molecular weight is 479 g/mol. The molecule has 1 aromatic heterocycles. The molecule has 178 valence electrons. The first-order valence-electron chi connectivity index (χ1n) is 11.8. The number of amides is 1. The Morgan fingerprint density at radius 2 is 1.82 bits per heavy atom. The standard InChI is InChI=1S/C26H30N4O3S/c1-4-6-16-32-20-14-12-19(13-15-20)25-30(18(3)31)22-11-9-8-10-21(22)23-24(33-25)27-26(29-28-23)34-17-7-5-2/h8-15,25H,4-7,16-17H2,1-3H3/t25-/m0/s1. The summed E-state index contributed by atoms with van der Waals surface area (Å²) in [5, 5.41) is 9.35. The van der Waals surface area contributed by atoms with Gasteiger partial charge in [0.2, 0.25) is 23.2 Å². The highest BCUT2D eigenvalue weighted by Gasteiger charge is 2.34. The zero-order valence-corrected chi connectivity index (χ0v) is 20.7. The van der Waals surface area contributed by atoms with E-state index in [0.29, 0.717) is 29.0 Å². The Balaban J connectivity index is 1.73. The van der Waals surface area contributed by atoms with Gasteiger partial charge in [-0.2, -0.15) is 4.98 Å². The van der Waals surface area contributed by atoms with Gasteiger partial charge in [0.1, 0.15) is 5.75 Å². The van der Waals surface area contributed by atoms with Crippen LogP contribution in [0.25, 0.3) is 11.3 Å². The molecule has 1 aliphatic heterocycles. The number of hydrogen-bond acceptors (Lipinski definition) is 7. The minimum Gasteiger partial charge on any atom is -0.494 e. The van der Waals surface area contributed by atoms with Gasteiger partial charge in [0, 0.05) is 23.8 Å². The van der Waals surface area contributed by atoms with Gasteiger partial charge in [-0.25, -0.2) is 0 Å². The third-order valence-electron chi connectivity index (χ3n) is 5.51. The van der Waals surface area contributed by atoms with E-state index in [9.17, 15) is 4.79 Å². The molecule has 0 radical (unpaired) electrons. The molecule has 0 N–H and O–H groups in total. The Morgan fingerprint density at radius 1 is 1.06 bits per heavy atom. The summed E-state index contributed by atoms with van der Waals surface area (Å²) < 4.78 is 12.2. The van der Waals surface area contributed by atoms with Crippen LogP contribution in [0.15, 0.2) is 53.7 Å². The number of ether oxygens (including phenoxy) is 2. The predicted molar refractivity (Wildman–Crippen MR) is 134 cm³/mol. The van der Waals surface area contributed by atoms with Gasteiger partial charge in [-0.15, -0.1) is 10.2 Å². The van der Waals surface area contributed by atoms with Crippen molar-refractivity contribution in [2.75, 3.05) is 17.3 Å². The van der Waals surface area contributed by atoms with Crippen molar-refractivity contribution in [1.29, 1.82) is 0 Å². The van der Waals surface area contributed by atoms with E-state index < -0.39 is 6.23 Å². The number of anilines is 1. The number of nitrogens with zero attached hydrogens (tertiary/aromatic N) is 4. The zero-order chi connectivity index (χ0) is 23.9. The monoisotopic (exact) mass is 478 g/mol. The van der Waals surface area contributed by atoms with Crippen molar-refractivity contribution in [3.05, 3.63) is 54.1 Å². The molecule has 7 nitrogen and oxygen atoms in total. The lowest BCUT2D eigenvalue weighted by Gasteiger charge is -2.30. The molecule has 0 unspecified atom stereocenters. The van der Waals surface area contributed by atoms with E-state index in [-0.39, 0.29) is 5.91 Å². The van der Waals surface area contributed by atoms with E-state index in [1.165, 1.54) is 6.92 Å². The number of rotatable bonds is 9. The molecular formula is C26H30N4O3S. The molecule has 1 atom stereocenters.